The number of ether oxygens (including phenoxy) is 1. The van der Waals surface area contributed by atoms with Crippen LogP contribution in [0, 0.1) is 0 Å². The number of methoxy groups -OCH3 is 1. The zero-order chi connectivity index (χ0) is 15.0. The molecule has 0 aromatic heterocycles. The molecule has 8 heteroatoms. The number of nitrogens with zero attached hydrogens (tertiary/aromatic N) is 1. The van der Waals surface area contributed by atoms with Gasteiger partial charge in [0.15, 0.2) is 0 Å². The van der Waals surface area contributed by atoms with Crippen molar-refractivity contribution in [2.24, 2.45) is 0 Å². The van der Waals surface area contributed by atoms with Crippen LogP contribution >= 0.6 is 0 Å². The number of hydrogen-bond donors (Lipinski definition) is 3. The number of amides is 2. The molecule has 0 spiro atoms. The van der Waals surface area contributed by atoms with E-state index in [1.165, 1.54) is 0 Å². The van der Waals surface area contributed by atoms with E-state index in [0.717, 1.165) is 11.3 Å². The largest absolute Gasteiger partial charge is 0.496 e. The van der Waals surface area contributed by atoms with Gasteiger partial charge in [0.25, 0.3) is 0 Å². The molecule has 2 aliphatic rings. The molecule has 110 valence electrons. The average Bonchev–Trinajstić information content (AvgIpc) is 2.89. The summed E-state index contributed by atoms with van der Waals surface area (Å²) in [5.74, 6) is 1.32. The van der Waals surface area contributed by atoms with Crippen molar-refractivity contribution in [2.45, 2.75) is 4.90 Å². The lowest BCUT2D eigenvalue weighted by Gasteiger charge is -2.22. The van der Waals surface area contributed by atoms with Crippen LogP contribution in [0.2, 0.25) is 0 Å². The van der Waals surface area contributed by atoms with E-state index < -0.39 is 10.8 Å². The zero-order valence-corrected chi connectivity index (χ0v) is 12.3. The second-order valence-corrected chi connectivity index (χ2v) is 5.85. The minimum Gasteiger partial charge on any atom is -0.496 e. The third kappa shape index (κ3) is 2.45. The summed E-state index contributed by atoms with van der Waals surface area (Å²) in [5, 5.41) is 7.31. The van der Waals surface area contributed by atoms with Crippen LogP contribution in [-0.2, 0) is 10.8 Å². The first kappa shape index (κ1) is 13.5. The minimum atomic E-state index is -1.07. The van der Waals surface area contributed by atoms with Crippen LogP contribution in [0.5, 0.6) is 5.75 Å². The van der Waals surface area contributed by atoms with Crippen molar-refractivity contribution in [1.82, 2.24) is 21.1 Å². The lowest BCUT2D eigenvalue weighted by atomic mass is 10.1. The van der Waals surface area contributed by atoms with Gasteiger partial charge in [0.05, 0.1) is 19.0 Å². The smallest absolute Gasteiger partial charge is 0.338 e. The SMILES string of the molecule is COc1cc(S(C)=O)ccc1C1=CN2NC(=O)NC=C2N1. The quantitative estimate of drug-likeness (QED) is 0.764. The molecule has 3 rings (SSSR count). The average molecular weight is 306 g/mol. The summed E-state index contributed by atoms with van der Waals surface area (Å²) in [4.78, 5) is 12.0. The summed E-state index contributed by atoms with van der Waals surface area (Å²) in [6.07, 6.45) is 4.95. The van der Waals surface area contributed by atoms with Crippen molar-refractivity contribution in [3.63, 3.8) is 0 Å². The number of rotatable bonds is 3. The highest BCUT2D eigenvalue weighted by atomic mass is 32.2. The molecule has 3 N–H and O–H groups in total. The standard InChI is InChI=1S/C13H14N4O3S/c1-20-11-5-8(21(2)19)3-4-9(11)10-7-17-12(15-10)6-14-13(18)16-17/h3-7,15H,1-2H3,(H2,14,16,18). The monoisotopic (exact) mass is 306 g/mol. The molecule has 1 atom stereocenters. The first-order valence-electron chi connectivity index (χ1n) is 6.16. The van der Waals surface area contributed by atoms with Gasteiger partial charge in [0.1, 0.15) is 11.6 Å². The van der Waals surface area contributed by atoms with Gasteiger partial charge in [-0.1, -0.05) is 0 Å². The van der Waals surface area contributed by atoms with Gasteiger partial charge >= 0.3 is 6.03 Å². The topological polar surface area (TPSA) is 82.7 Å². The summed E-state index contributed by atoms with van der Waals surface area (Å²) in [6.45, 7) is 0. The lowest BCUT2D eigenvalue weighted by Crippen LogP contribution is -2.47. The Morgan fingerprint density at radius 3 is 2.86 bits per heavy atom. The van der Waals surface area contributed by atoms with Crippen molar-refractivity contribution >= 4 is 22.5 Å². The minimum absolute atomic E-state index is 0.304. The van der Waals surface area contributed by atoms with Crippen LogP contribution in [0.1, 0.15) is 5.56 Å². The fourth-order valence-electron chi connectivity index (χ4n) is 2.11. The first-order chi connectivity index (χ1) is 10.1. The van der Waals surface area contributed by atoms with Crippen LogP contribution in [0.15, 0.2) is 41.3 Å². The Balaban J connectivity index is 1.96. The van der Waals surface area contributed by atoms with E-state index in [0.29, 0.717) is 16.5 Å². The molecule has 2 aliphatic heterocycles. The van der Waals surface area contributed by atoms with Gasteiger partial charge in [-0.25, -0.2) is 15.2 Å². The molecular formula is C13H14N4O3S. The Bertz CT molecular complexity index is 699. The fraction of sp³-hybridized carbons (Fsp3) is 0.154. The van der Waals surface area contributed by atoms with Crippen molar-refractivity contribution in [3.05, 3.63) is 42.0 Å². The molecule has 0 saturated carbocycles. The van der Waals surface area contributed by atoms with Crippen molar-refractivity contribution in [2.75, 3.05) is 13.4 Å². The van der Waals surface area contributed by atoms with Crippen molar-refractivity contribution < 1.29 is 13.7 Å². The Labute approximate surface area is 124 Å². The molecule has 1 aromatic carbocycles. The summed E-state index contributed by atoms with van der Waals surface area (Å²) >= 11 is 0. The summed E-state index contributed by atoms with van der Waals surface area (Å²) in [7, 11) is 0.491. The van der Waals surface area contributed by atoms with Crippen LogP contribution < -0.4 is 20.8 Å². The molecule has 7 nitrogen and oxygen atoms in total. The third-order valence-corrected chi connectivity index (χ3v) is 4.06. The molecule has 1 aromatic rings. The second-order valence-electron chi connectivity index (χ2n) is 4.47. The number of benzene rings is 1. The van der Waals surface area contributed by atoms with E-state index in [2.05, 4.69) is 16.1 Å². The zero-order valence-electron chi connectivity index (χ0n) is 11.5. The van der Waals surface area contributed by atoms with Gasteiger partial charge in [-0.2, -0.15) is 0 Å². The summed E-state index contributed by atoms with van der Waals surface area (Å²) < 4.78 is 16.9. The molecule has 1 unspecified atom stereocenters. The van der Waals surface area contributed by atoms with Crippen molar-refractivity contribution in [3.8, 4) is 5.75 Å². The van der Waals surface area contributed by atoms with Gasteiger partial charge in [-0.3, -0.25) is 4.21 Å². The number of fused-ring (bicyclic) bond motifs is 1. The van der Waals surface area contributed by atoms with Crippen LogP contribution in [0.25, 0.3) is 5.70 Å². The number of hydrazine groups is 1. The highest BCUT2D eigenvalue weighted by molar-refractivity contribution is 7.84. The molecular weight excluding hydrogens is 292 g/mol. The molecule has 2 heterocycles. The Hall–Kier alpha value is -2.48. The van der Waals surface area contributed by atoms with E-state index in [1.54, 1.807) is 42.9 Å². The molecule has 0 radical (unpaired) electrons. The van der Waals surface area contributed by atoms with Crippen LogP contribution in [-0.4, -0.2) is 28.6 Å². The third-order valence-electron chi connectivity index (χ3n) is 3.14. The highest BCUT2D eigenvalue weighted by Crippen LogP contribution is 2.30. The second kappa shape index (κ2) is 5.13. The number of carbonyl (C=O) groups excluding carboxylic acids is 1. The molecule has 0 aliphatic carbocycles. The van der Waals surface area contributed by atoms with Crippen LogP contribution in [0.4, 0.5) is 4.79 Å². The van der Waals surface area contributed by atoms with E-state index in [-0.39, 0.29) is 6.03 Å². The lowest BCUT2D eigenvalue weighted by molar-refractivity contribution is 0.218. The number of urea groups is 1. The number of nitrogens with one attached hydrogen (secondary N) is 3. The summed E-state index contributed by atoms with van der Waals surface area (Å²) in [5.41, 5.74) is 4.22. The van der Waals surface area contributed by atoms with Gasteiger partial charge in [-0.05, 0) is 18.2 Å². The maximum absolute atomic E-state index is 11.5. The normalized spacial score (nSPS) is 17.8. The van der Waals surface area contributed by atoms with E-state index in [1.807, 2.05) is 6.07 Å². The molecule has 0 bridgehead atoms. The predicted octanol–water partition coefficient (Wildman–Crippen LogP) is 0.663. The Morgan fingerprint density at radius 2 is 2.14 bits per heavy atom. The fourth-order valence-corrected chi connectivity index (χ4v) is 2.65. The number of carbonyl (C=O) groups is 1. The van der Waals surface area contributed by atoms with E-state index >= 15 is 0 Å². The maximum atomic E-state index is 11.5. The Kier molecular flexibility index (Phi) is 3.30. The number of hydrogen-bond acceptors (Lipinski definition) is 5. The molecule has 21 heavy (non-hydrogen) atoms. The summed E-state index contributed by atoms with van der Waals surface area (Å²) in [6, 6.07) is 5.07. The molecule has 0 saturated heterocycles. The van der Waals surface area contributed by atoms with Crippen molar-refractivity contribution in [1.29, 1.82) is 0 Å². The van der Waals surface area contributed by atoms with E-state index in [9.17, 15) is 9.00 Å². The highest BCUT2D eigenvalue weighted by Gasteiger charge is 2.25. The van der Waals surface area contributed by atoms with Crippen LogP contribution in [0.3, 0.4) is 0 Å². The predicted molar refractivity (Wildman–Crippen MR) is 78.0 cm³/mol. The van der Waals surface area contributed by atoms with Gasteiger partial charge < -0.3 is 15.4 Å². The molecule has 0 fully saturated rings. The van der Waals surface area contributed by atoms with Gasteiger partial charge in [0.2, 0.25) is 0 Å². The maximum Gasteiger partial charge on any atom is 0.338 e. The molecule has 2 amide bonds. The van der Waals surface area contributed by atoms with Gasteiger partial charge in [-0.15, -0.1) is 0 Å². The first-order valence-corrected chi connectivity index (χ1v) is 7.71. The van der Waals surface area contributed by atoms with Gasteiger partial charge in [0, 0.05) is 33.7 Å². The van der Waals surface area contributed by atoms with E-state index in [4.69, 9.17) is 4.74 Å². The Morgan fingerprint density at radius 1 is 1.33 bits per heavy atom.